The number of rotatable bonds is 7. The number of sulfonamides is 1. The monoisotopic (exact) mass is 458 g/mol. The molecule has 1 saturated carbocycles. The average molecular weight is 459 g/mol. The highest BCUT2D eigenvalue weighted by Crippen LogP contribution is 2.32. The number of nitrogens with one attached hydrogen (secondary N) is 1. The molecule has 0 unspecified atom stereocenters. The van der Waals surface area contributed by atoms with Crippen LogP contribution in [0.25, 0.3) is 0 Å². The van der Waals surface area contributed by atoms with Gasteiger partial charge in [-0.3, -0.25) is 9.52 Å². The summed E-state index contributed by atoms with van der Waals surface area (Å²) in [6.07, 6.45) is 1.71. The van der Waals surface area contributed by atoms with Gasteiger partial charge >= 0.3 is 0 Å². The van der Waals surface area contributed by atoms with E-state index < -0.39 is 15.8 Å². The standard InChI is InChI=1S/C23H20ClFN2O3S/c24-21-7-4-8-22(25)20(21)15-27(18-13-14-18)23(28)16-9-11-17(12-10-16)26-31(29,30)19-5-2-1-3-6-19/h1-12,18,26H,13-15H2. The van der Waals surface area contributed by atoms with E-state index in [0.29, 0.717) is 11.3 Å². The van der Waals surface area contributed by atoms with Crippen LogP contribution in [-0.4, -0.2) is 25.3 Å². The third-order valence-electron chi connectivity index (χ3n) is 5.08. The molecule has 160 valence electrons. The molecule has 3 aromatic carbocycles. The quantitative estimate of drug-likeness (QED) is 0.536. The minimum absolute atomic E-state index is 0.0411. The molecule has 0 spiro atoms. The van der Waals surface area contributed by atoms with E-state index in [1.54, 1.807) is 41.3 Å². The van der Waals surface area contributed by atoms with Crippen molar-refractivity contribution in [2.45, 2.75) is 30.3 Å². The molecule has 4 rings (SSSR count). The molecule has 0 atom stereocenters. The van der Waals surface area contributed by atoms with Gasteiger partial charge < -0.3 is 4.90 Å². The van der Waals surface area contributed by atoms with Crippen LogP contribution >= 0.6 is 11.6 Å². The van der Waals surface area contributed by atoms with E-state index in [-0.39, 0.29) is 34.0 Å². The first-order valence-corrected chi connectivity index (χ1v) is 11.6. The molecule has 1 amide bonds. The molecule has 0 aliphatic heterocycles. The largest absolute Gasteiger partial charge is 0.331 e. The molecular formula is C23H20ClFN2O3S. The summed E-state index contributed by atoms with van der Waals surface area (Å²) in [6, 6.07) is 18.7. The summed E-state index contributed by atoms with van der Waals surface area (Å²) in [5.74, 6) is -0.698. The van der Waals surface area contributed by atoms with Gasteiger partial charge in [-0.1, -0.05) is 35.9 Å². The molecule has 1 aliphatic carbocycles. The Morgan fingerprint density at radius 1 is 1.00 bits per heavy atom. The van der Waals surface area contributed by atoms with Crippen LogP contribution in [0.2, 0.25) is 5.02 Å². The number of halogens is 2. The van der Waals surface area contributed by atoms with Crippen LogP contribution in [0.15, 0.2) is 77.7 Å². The summed E-state index contributed by atoms with van der Waals surface area (Å²) in [5, 5.41) is 0.282. The number of carbonyl (C=O) groups is 1. The summed E-state index contributed by atoms with van der Waals surface area (Å²) in [7, 11) is -3.72. The predicted octanol–water partition coefficient (Wildman–Crippen LogP) is 5.08. The fraction of sp³-hybridized carbons (Fsp3) is 0.174. The van der Waals surface area contributed by atoms with Crippen LogP contribution in [-0.2, 0) is 16.6 Å². The number of amides is 1. The van der Waals surface area contributed by atoms with Gasteiger partial charge in [-0.05, 0) is 61.4 Å². The van der Waals surface area contributed by atoms with Gasteiger partial charge in [0.1, 0.15) is 5.82 Å². The number of anilines is 1. The molecule has 1 aliphatic rings. The summed E-state index contributed by atoms with van der Waals surface area (Å²) >= 11 is 6.14. The molecule has 31 heavy (non-hydrogen) atoms. The molecule has 0 heterocycles. The molecule has 0 aromatic heterocycles. The third kappa shape index (κ3) is 4.89. The average Bonchev–Trinajstić information content (AvgIpc) is 3.59. The molecular weight excluding hydrogens is 439 g/mol. The van der Waals surface area contributed by atoms with Crippen LogP contribution in [0.4, 0.5) is 10.1 Å². The fourth-order valence-corrected chi connectivity index (χ4v) is 4.57. The SMILES string of the molecule is O=C(c1ccc(NS(=O)(=O)c2ccccc2)cc1)N(Cc1c(F)cccc1Cl)C1CC1. The Labute approximate surface area is 185 Å². The molecule has 5 nitrogen and oxygen atoms in total. The highest BCUT2D eigenvalue weighted by molar-refractivity contribution is 7.92. The van der Waals surface area contributed by atoms with Gasteiger partial charge in [-0.2, -0.15) is 0 Å². The maximum absolute atomic E-state index is 14.2. The lowest BCUT2D eigenvalue weighted by Crippen LogP contribution is -2.33. The van der Waals surface area contributed by atoms with E-state index in [0.717, 1.165) is 12.8 Å². The van der Waals surface area contributed by atoms with Gasteiger partial charge in [-0.25, -0.2) is 12.8 Å². The van der Waals surface area contributed by atoms with Gasteiger partial charge in [0, 0.05) is 27.9 Å². The van der Waals surface area contributed by atoms with E-state index in [1.807, 2.05) is 0 Å². The minimum Gasteiger partial charge on any atom is -0.331 e. The maximum Gasteiger partial charge on any atom is 0.261 e. The Balaban J connectivity index is 1.52. The normalized spacial score (nSPS) is 13.6. The van der Waals surface area contributed by atoms with Crippen LogP contribution in [0.5, 0.6) is 0 Å². The van der Waals surface area contributed by atoms with Crippen molar-refractivity contribution in [1.82, 2.24) is 4.90 Å². The Kier molecular flexibility index (Phi) is 5.98. The van der Waals surface area contributed by atoms with Crippen molar-refractivity contribution in [3.8, 4) is 0 Å². The molecule has 0 saturated heterocycles. The topological polar surface area (TPSA) is 66.5 Å². The van der Waals surface area contributed by atoms with Gasteiger partial charge in [0.25, 0.3) is 15.9 Å². The van der Waals surface area contributed by atoms with Crippen molar-refractivity contribution in [2.24, 2.45) is 0 Å². The molecule has 0 bridgehead atoms. The second kappa shape index (κ2) is 8.69. The minimum atomic E-state index is -3.72. The highest BCUT2D eigenvalue weighted by atomic mass is 35.5. The molecule has 1 N–H and O–H groups in total. The second-order valence-electron chi connectivity index (χ2n) is 7.36. The number of hydrogen-bond acceptors (Lipinski definition) is 3. The van der Waals surface area contributed by atoms with Crippen LogP contribution in [0.1, 0.15) is 28.8 Å². The van der Waals surface area contributed by atoms with Crippen molar-refractivity contribution in [3.05, 3.63) is 94.8 Å². The van der Waals surface area contributed by atoms with E-state index in [1.165, 1.54) is 36.4 Å². The Morgan fingerprint density at radius 2 is 1.68 bits per heavy atom. The number of carbonyl (C=O) groups excluding carboxylic acids is 1. The zero-order valence-corrected chi connectivity index (χ0v) is 18.0. The number of benzene rings is 3. The van der Waals surface area contributed by atoms with Gasteiger partial charge in [-0.15, -0.1) is 0 Å². The first kappa shape index (κ1) is 21.3. The van der Waals surface area contributed by atoms with E-state index in [9.17, 15) is 17.6 Å². The molecule has 8 heteroatoms. The van der Waals surface area contributed by atoms with Crippen LogP contribution in [0.3, 0.4) is 0 Å². The smallest absolute Gasteiger partial charge is 0.261 e. The summed E-state index contributed by atoms with van der Waals surface area (Å²) in [4.78, 5) is 14.9. The first-order chi connectivity index (χ1) is 14.8. The number of hydrogen-bond donors (Lipinski definition) is 1. The highest BCUT2D eigenvalue weighted by Gasteiger charge is 2.34. The van der Waals surface area contributed by atoms with Crippen molar-refractivity contribution in [1.29, 1.82) is 0 Å². The fourth-order valence-electron chi connectivity index (χ4n) is 3.27. The summed E-state index contributed by atoms with van der Waals surface area (Å²) in [6.45, 7) is 0.0807. The number of nitrogens with zero attached hydrogens (tertiary/aromatic N) is 1. The second-order valence-corrected chi connectivity index (χ2v) is 9.45. The van der Waals surface area contributed by atoms with E-state index >= 15 is 0 Å². The van der Waals surface area contributed by atoms with Crippen LogP contribution in [0, 0.1) is 5.82 Å². The van der Waals surface area contributed by atoms with Crippen molar-refractivity contribution >= 4 is 33.2 Å². The zero-order valence-electron chi connectivity index (χ0n) is 16.5. The molecule has 0 radical (unpaired) electrons. The van der Waals surface area contributed by atoms with Gasteiger partial charge in [0.15, 0.2) is 0 Å². The predicted molar refractivity (Wildman–Crippen MR) is 118 cm³/mol. The van der Waals surface area contributed by atoms with Crippen molar-refractivity contribution < 1.29 is 17.6 Å². The summed E-state index contributed by atoms with van der Waals surface area (Å²) < 4.78 is 41.6. The lowest BCUT2D eigenvalue weighted by Gasteiger charge is -2.23. The van der Waals surface area contributed by atoms with E-state index in [4.69, 9.17) is 11.6 Å². The lowest BCUT2D eigenvalue weighted by atomic mass is 10.1. The zero-order chi connectivity index (χ0) is 22.0. The van der Waals surface area contributed by atoms with Gasteiger partial charge in [0.05, 0.1) is 11.4 Å². The van der Waals surface area contributed by atoms with Crippen molar-refractivity contribution in [3.63, 3.8) is 0 Å². The summed E-state index contributed by atoms with van der Waals surface area (Å²) in [5.41, 5.74) is 1.02. The Morgan fingerprint density at radius 3 is 2.29 bits per heavy atom. The maximum atomic E-state index is 14.2. The molecule has 3 aromatic rings. The first-order valence-electron chi connectivity index (χ1n) is 9.77. The molecule has 1 fully saturated rings. The Bertz CT molecular complexity index is 1180. The van der Waals surface area contributed by atoms with Crippen molar-refractivity contribution in [2.75, 3.05) is 4.72 Å². The van der Waals surface area contributed by atoms with Gasteiger partial charge in [0.2, 0.25) is 0 Å². The third-order valence-corrected chi connectivity index (χ3v) is 6.83. The van der Waals surface area contributed by atoms with Crippen LogP contribution < -0.4 is 4.72 Å². The lowest BCUT2D eigenvalue weighted by molar-refractivity contribution is 0.0728. The van der Waals surface area contributed by atoms with E-state index in [2.05, 4.69) is 4.72 Å². The Hall–Kier alpha value is -2.90.